The summed E-state index contributed by atoms with van der Waals surface area (Å²) in [6.45, 7) is 3.54. The Morgan fingerprint density at radius 2 is 2.06 bits per heavy atom. The molecule has 0 unspecified atom stereocenters. The van der Waals surface area contributed by atoms with Crippen molar-refractivity contribution in [3.63, 3.8) is 0 Å². The molecule has 0 saturated carbocycles. The third-order valence-corrected chi connectivity index (χ3v) is 1.98. The molecule has 0 fully saturated rings. The molecule has 1 N–H and O–H groups in total. The van der Waals surface area contributed by atoms with Crippen LogP contribution in [-0.2, 0) is 9.53 Å². The van der Waals surface area contributed by atoms with Gasteiger partial charge in [0.15, 0.2) is 5.78 Å². The Kier molecular flexibility index (Phi) is 4.94. The third kappa shape index (κ3) is 4.10. The maximum absolute atomic E-state index is 11.6. The molecule has 0 heterocycles. The van der Waals surface area contributed by atoms with E-state index < -0.39 is 0 Å². The Bertz CT molecular complexity index is 438. The van der Waals surface area contributed by atoms with Gasteiger partial charge in [-0.15, -0.1) is 0 Å². The molecule has 0 aliphatic carbocycles. The molecule has 0 atom stereocenters. The summed E-state index contributed by atoms with van der Waals surface area (Å²) in [5.74, 6) is -0.446. The molecule has 1 rings (SSSR count). The van der Waals surface area contributed by atoms with Gasteiger partial charge in [-0.3, -0.25) is 4.79 Å². The summed E-state index contributed by atoms with van der Waals surface area (Å²) in [6.07, 6.45) is 2.89. The highest BCUT2D eigenvalue weighted by atomic mass is 16.5. The fourth-order valence-corrected chi connectivity index (χ4v) is 1.24. The minimum absolute atomic E-state index is 0.0638. The zero-order valence-electron chi connectivity index (χ0n) is 9.90. The number of ketones is 1. The predicted molar refractivity (Wildman–Crippen MR) is 65.8 cm³/mol. The number of allylic oxidation sites excluding steroid dienone is 1. The molecule has 17 heavy (non-hydrogen) atoms. The van der Waals surface area contributed by atoms with Gasteiger partial charge in [0, 0.05) is 6.20 Å². The number of esters is 1. The molecular weight excluding hydrogens is 218 g/mol. The Morgan fingerprint density at radius 3 is 2.71 bits per heavy atom. The van der Waals surface area contributed by atoms with Crippen LogP contribution in [0.2, 0.25) is 0 Å². The number of hydrogen-bond donors (Lipinski definition) is 1. The number of nitrogens with one attached hydrogen (secondary N) is 1. The number of rotatable bonds is 5. The van der Waals surface area contributed by atoms with E-state index in [1.165, 1.54) is 19.2 Å². The Labute approximate surface area is 100 Å². The maximum Gasteiger partial charge on any atom is 0.340 e. The normalized spacial score (nSPS) is 10.2. The summed E-state index contributed by atoms with van der Waals surface area (Å²) in [5.41, 5.74) is 1.06. The van der Waals surface area contributed by atoms with Crippen LogP contribution in [0.4, 0.5) is 5.69 Å². The Morgan fingerprint density at radius 1 is 1.35 bits per heavy atom. The molecule has 0 bridgehead atoms. The van der Waals surface area contributed by atoms with Crippen molar-refractivity contribution < 1.29 is 14.3 Å². The highest BCUT2D eigenvalue weighted by Crippen LogP contribution is 2.16. The first kappa shape index (κ1) is 13.0. The molecule has 90 valence electrons. The number of ether oxygens (including phenoxy) is 1. The summed E-state index contributed by atoms with van der Waals surface area (Å²) in [7, 11) is 0. The van der Waals surface area contributed by atoms with Gasteiger partial charge in [-0.1, -0.05) is 12.1 Å². The zero-order valence-corrected chi connectivity index (χ0v) is 9.90. The van der Waals surface area contributed by atoms with Gasteiger partial charge in [-0.2, -0.15) is 0 Å². The minimum atomic E-state index is -0.383. The fourth-order valence-electron chi connectivity index (χ4n) is 1.24. The van der Waals surface area contributed by atoms with Crippen LogP contribution >= 0.6 is 0 Å². The highest BCUT2D eigenvalue weighted by Gasteiger charge is 2.10. The van der Waals surface area contributed by atoms with E-state index in [0.717, 1.165) is 0 Å². The lowest BCUT2D eigenvalue weighted by molar-refractivity contribution is -0.112. The second-order valence-electron chi connectivity index (χ2n) is 3.35. The molecule has 4 nitrogen and oxygen atoms in total. The van der Waals surface area contributed by atoms with Crippen LogP contribution in [0.25, 0.3) is 0 Å². The lowest BCUT2D eigenvalue weighted by atomic mass is 10.2. The number of para-hydroxylation sites is 1. The SMILES string of the molecule is CCOC(=O)c1ccccc1NC=CC(C)=O. The largest absolute Gasteiger partial charge is 0.462 e. The third-order valence-electron chi connectivity index (χ3n) is 1.98. The van der Waals surface area contributed by atoms with Crippen LogP contribution in [0, 0.1) is 0 Å². The van der Waals surface area contributed by atoms with Crippen LogP contribution in [0.3, 0.4) is 0 Å². The maximum atomic E-state index is 11.6. The van der Waals surface area contributed by atoms with E-state index in [-0.39, 0.29) is 11.8 Å². The second-order valence-corrected chi connectivity index (χ2v) is 3.35. The van der Waals surface area contributed by atoms with E-state index in [1.54, 1.807) is 31.2 Å². The first-order valence-corrected chi connectivity index (χ1v) is 5.35. The first-order chi connectivity index (χ1) is 8.15. The summed E-state index contributed by atoms with van der Waals surface area (Å²) < 4.78 is 4.93. The number of hydrogen-bond acceptors (Lipinski definition) is 4. The molecule has 0 saturated heterocycles. The van der Waals surface area contributed by atoms with Crippen molar-refractivity contribution in [3.8, 4) is 0 Å². The molecule has 0 amide bonds. The minimum Gasteiger partial charge on any atom is -0.462 e. The van der Waals surface area contributed by atoms with Gasteiger partial charge in [0.1, 0.15) is 0 Å². The summed E-state index contributed by atoms with van der Waals surface area (Å²) in [5, 5.41) is 2.88. The number of benzene rings is 1. The number of carbonyl (C=O) groups excluding carboxylic acids is 2. The van der Waals surface area contributed by atoms with Crippen LogP contribution in [-0.4, -0.2) is 18.4 Å². The average Bonchev–Trinajstić information content (AvgIpc) is 2.29. The quantitative estimate of drug-likeness (QED) is 0.626. The summed E-state index contributed by atoms with van der Waals surface area (Å²) >= 11 is 0. The average molecular weight is 233 g/mol. The van der Waals surface area contributed by atoms with Gasteiger partial charge < -0.3 is 10.1 Å². The molecule has 0 aromatic heterocycles. The van der Waals surface area contributed by atoms with Crippen molar-refractivity contribution in [2.24, 2.45) is 0 Å². The predicted octanol–water partition coefficient (Wildman–Crippen LogP) is 2.38. The molecule has 0 aliphatic rings. The number of anilines is 1. The van der Waals surface area contributed by atoms with Crippen molar-refractivity contribution in [1.29, 1.82) is 0 Å². The van der Waals surface area contributed by atoms with Gasteiger partial charge in [-0.05, 0) is 32.1 Å². The molecular formula is C13H15NO3. The van der Waals surface area contributed by atoms with Crippen molar-refractivity contribution in [3.05, 3.63) is 42.1 Å². The Hall–Kier alpha value is -2.10. The Balaban J connectivity index is 2.84. The lowest BCUT2D eigenvalue weighted by Crippen LogP contribution is -2.07. The van der Waals surface area contributed by atoms with Crippen molar-refractivity contribution in [1.82, 2.24) is 0 Å². The summed E-state index contributed by atoms with van der Waals surface area (Å²) in [4.78, 5) is 22.3. The zero-order chi connectivity index (χ0) is 12.7. The molecule has 0 radical (unpaired) electrons. The molecule has 1 aromatic rings. The second kappa shape index (κ2) is 6.48. The van der Waals surface area contributed by atoms with Crippen molar-refractivity contribution >= 4 is 17.4 Å². The highest BCUT2D eigenvalue weighted by molar-refractivity contribution is 5.96. The smallest absolute Gasteiger partial charge is 0.340 e. The van der Waals surface area contributed by atoms with Gasteiger partial charge in [0.25, 0.3) is 0 Å². The molecule has 1 aromatic carbocycles. The first-order valence-electron chi connectivity index (χ1n) is 5.35. The van der Waals surface area contributed by atoms with Gasteiger partial charge >= 0.3 is 5.97 Å². The van der Waals surface area contributed by atoms with E-state index in [1.807, 2.05) is 0 Å². The molecule has 0 spiro atoms. The molecule has 0 aliphatic heterocycles. The van der Waals surface area contributed by atoms with E-state index in [2.05, 4.69) is 5.32 Å². The lowest BCUT2D eigenvalue weighted by Gasteiger charge is -2.07. The molecule has 4 heteroatoms. The number of carbonyl (C=O) groups is 2. The van der Waals surface area contributed by atoms with Crippen LogP contribution < -0.4 is 5.32 Å². The van der Waals surface area contributed by atoms with Crippen molar-refractivity contribution in [2.75, 3.05) is 11.9 Å². The van der Waals surface area contributed by atoms with E-state index in [4.69, 9.17) is 4.74 Å². The van der Waals surface area contributed by atoms with Crippen LogP contribution in [0.1, 0.15) is 24.2 Å². The van der Waals surface area contributed by atoms with Crippen molar-refractivity contribution in [2.45, 2.75) is 13.8 Å². The van der Waals surface area contributed by atoms with Gasteiger partial charge in [-0.25, -0.2) is 4.79 Å². The fraction of sp³-hybridized carbons (Fsp3) is 0.231. The van der Waals surface area contributed by atoms with Crippen LogP contribution in [0.15, 0.2) is 36.5 Å². The monoisotopic (exact) mass is 233 g/mol. The van der Waals surface area contributed by atoms with Gasteiger partial charge in [0.2, 0.25) is 0 Å². The van der Waals surface area contributed by atoms with E-state index in [9.17, 15) is 9.59 Å². The summed E-state index contributed by atoms with van der Waals surface area (Å²) in [6, 6.07) is 6.97. The standard InChI is InChI=1S/C13H15NO3/c1-3-17-13(16)11-6-4-5-7-12(11)14-9-8-10(2)15/h4-9,14H,3H2,1-2H3. The topological polar surface area (TPSA) is 55.4 Å². The van der Waals surface area contributed by atoms with Gasteiger partial charge in [0.05, 0.1) is 17.9 Å². The van der Waals surface area contributed by atoms with E-state index in [0.29, 0.717) is 17.9 Å². The van der Waals surface area contributed by atoms with E-state index >= 15 is 0 Å². The van der Waals surface area contributed by atoms with Crippen LogP contribution in [0.5, 0.6) is 0 Å².